The lowest BCUT2D eigenvalue weighted by molar-refractivity contribution is -0.169. The summed E-state index contributed by atoms with van der Waals surface area (Å²) in [5.41, 5.74) is 0. The molecule has 27 heavy (non-hydrogen) atoms. The quantitative estimate of drug-likeness (QED) is 0.247. The number of methoxy groups -OCH3 is 1. The molecule has 1 unspecified atom stereocenters. The van der Waals surface area contributed by atoms with E-state index in [0.717, 1.165) is 19.4 Å². The minimum Gasteiger partial charge on any atom is -0.467 e. The van der Waals surface area contributed by atoms with Gasteiger partial charge in [0.2, 0.25) is 0 Å². The summed E-state index contributed by atoms with van der Waals surface area (Å²) in [6.45, 7) is 5.60. The molecule has 1 rings (SSSR count). The molecule has 0 aliphatic carbocycles. The predicted molar refractivity (Wildman–Crippen MR) is 95.7 cm³/mol. The van der Waals surface area contributed by atoms with E-state index in [9.17, 15) is 4.79 Å². The van der Waals surface area contributed by atoms with Gasteiger partial charge in [-0.3, -0.25) is 0 Å². The van der Waals surface area contributed by atoms with Gasteiger partial charge >= 0.3 is 5.97 Å². The van der Waals surface area contributed by atoms with Crippen molar-refractivity contribution in [3.8, 4) is 0 Å². The molecule has 0 N–H and O–H groups in total. The van der Waals surface area contributed by atoms with Crippen LogP contribution in [0.25, 0.3) is 0 Å². The Kier molecular flexibility index (Phi) is 16.6. The van der Waals surface area contributed by atoms with Gasteiger partial charge in [0.05, 0.1) is 73.2 Å². The molecule has 0 aromatic carbocycles. The van der Waals surface area contributed by atoms with Gasteiger partial charge in [-0.15, -0.1) is 0 Å². The molecule has 9 heteroatoms. The van der Waals surface area contributed by atoms with Crippen LogP contribution in [0.3, 0.4) is 0 Å². The normalized spacial score (nSPS) is 17.1. The van der Waals surface area contributed by atoms with Crippen molar-refractivity contribution in [2.24, 2.45) is 0 Å². The monoisotopic (exact) mass is 394 g/mol. The fourth-order valence-corrected chi connectivity index (χ4v) is 2.18. The minimum atomic E-state index is -0.397. The van der Waals surface area contributed by atoms with E-state index >= 15 is 0 Å². The van der Waals surface area contributed by atoms with Crippen molar-refractivity contribution in [1.82, 2.24) is 0 Å². The number of esters is 1. The van der Waals surface area contributed by atoms with Crippen molar-refractivity contribution in [3.05, 3.63) is 0 Å². The standard InChI is InChI=1S/C18H34O9/c1-20-17(19)16-25-13-12-23-9-8-21-6-7-22-10-11-24-14-15-27-18-4-2-3-5-26-18/h18H,2-16H2,1H3. The lowest BCUT2D eigenvalue weighted by Crippen LogP contribution is -2.24. The van der Waals surface area contributed by atoms with Crippen LogP contribution in [0, 0.1) is 0 Å². The summed E-state index contributed by atoms with van der Waals surface area (Å²) >= 11 is 0. The van der Waals surface area contributed by atoms with Crippen LogP contribution in [0.2, 0.25) is 0 Å². The van der Waals surface area contributed by atoms with Crippen molar-refractivity contribution in [1.29, 1.82) is 0 Å². The van der Waals surface area contributed by atoms with Gasteiger partial charge in [0.25, 0.3) is 0 Å². The summed E-state index contributed by atoms with van der Waals surface area (Å²) in [7, 11) is 1.32. The molecule has 1 saturated heterocycles. The second kappa shape index (κ2) is 18.5. The third kappa shape index (κ3) is 15.9. The smallest absolute Gasteiger partial charge is 0.331 e. The third-order valence-corrected chi connectivity index (χ3v) is 3.60. The van der Waals surface area contributed by atoms with Crippen LogP contribution in [0.1, 0.15) is 19.3 Å². The fourth-order valence-electron chi connectivity index (χ4n) is 2.18. The van der Waals surface area contributed by atoms with Crippen LogP contribution in [0.15, 0.2) is 0 Å². The molecule has 0 bridgehead atoms. The van der Waals surface area contributed by atoms with Gasteiger partial charge in [-0.05, 0) is 19.3 Å². The third-order valence-electron chi connectivity index (χ3n) is 3.60. The van der Waals surface area contributed by atoms with Crippen molar-refractivity contribution in [2.45, 2.75) is 25.6 Å². The lowest BCUT2D eigenvalue weighted by atomic mass is 10.2. The van der Waals surface area contributed by atoms with E-state index in [0.29, 0.717) is 66.1 Å². The highest BCUT2D eigenvalue weighted by Gasteiger charge is 2.13. The minimum absolute atomic E-state index is 0.0562. The predicted octanol–water partition coefficient (Wildman–Crippen LogP) is 0.786. The first-order chi connectivity index (χ1) is 13.3. The molecular formula is C18H34O9. The highest BCUT2D eigenvalue weighted by Crippen LogP contribution is 2.13. The van der Waals surface area contributed by atoms with Crippen LogP contribution >= 0.6 is 0 Å². The van der Waals surface area contributed by atoms with Gasteiger partial charge in [0.15, 0.2) is 6.29 Å². The average Bonchev–Trinajstić information content (AvgIpc) is 2.70. The molecule has 1 atom stereocenters. The van der Waals surface area contributed by atoms with E-state index in [-0.39, 0.29) is 12.9 Å². The molecule has 1 fully saturated rings. The van der Waals surface area contributed by atoms with Gasteiger partial charge in [0, 0.05) is 6.61 Å². The van der Waals surface area contributed by atoms with Crippen molar-refractivity contribution < 1.29 is 42.7 Å². The molecule has 1 aliphatic heterocycles. The van der Waals surface area contributed by atoms with Gasteiger partial charge in [-0.2, -0.15) is 0 Å². The maximum absolute atomic E-state index is 10.8. The van der Waals surface area contributed by atoms with Crippen LogP contribution in [-0.4, -0.2) is 98.7 Å². The van der Waals surface area contributed by atoms with Crippen molar-refractivity contribution in [2.75, 3.05) is 86.4 Å². The first-order valence-electron chi connectivity index (χ1n) is 9.51. The topological polar surface area (TPSA) is 90.9 Å². The van der Waals surface area contributed by atoms with Gasteiger partial charge in [0.1, 0.15) is 6.61 Å². The SMILES string of the molecule is COC(=O)COCCOCCOCCOCCOCCOC1CCCCO1. The zero-order chi connectivity index (χ0) is 19.4. The highest BCUT2D eigenvalue weighted by atomic mass is 16.7. The molecule has 0 spiro atoms. The zero-order valence-corrected chi connectivity index (χ0v) is 16.4. The molecular weight excluding hydrogens is 360 g/mol. The van der Waals surface area contributed by atoms with E-state index in [4.69, 9.17) is 33.2 Å². The fraction of sp³-hybridized carbons (Fsp3) is 0.944. The second-order valence-electron chi connectivity index (χ2n) is 5.75. The molecule has 160 valence electrons. The molecule has 1 aliphatic rings. The first kappa shape index (κ1) is 24.2. The van der Waals surface area contributed by atoms with E-state index in [2.05, 4.69) is 4.74 Å². The Labute approximate surface area is 161 Å². The van der Waals surface area contributed by atoms with E-state index in [1.807, 2.05) is 0 Å². The van der Waals surface area contributed by atoms with Gasteiger partial charge < -0.3 is 37.9 Å². The highest BCUT2D eigenvalue weighted by molar-refractivity contribution is 5.70. The summed E-state index contributed by atoms with van der Waals surface area (Å²) in [6, 6.07) is 0. The average molecular weight is 394 g/mol. The van der Waals surface area contributed by atoms with Crippen LogP contribution in [0.5, 0.6) is 0 Å². The molecule has 0 radical (unpaired) electrons. The molecule has 1 heterocycles. The first-order valence-corrected chi connectivity index (χ1v) is 9.51. The Hall–Kier alpha value is -0.810. The summed E-state index contributed by atoms with van der Waals surface area (Å²) in [5, 5.41) is 0. The van der Waals surface area contributed by atoms with E-state index < -0.39 is 5.97 Å². The molecule has 0 amide bonds. The van der Waals surface area contributed by atoms with Crippen molar-refractivity contribution >= 4 is 5.97 Å². The number of carbonyl (C=O) groups is 1. The number of hydrogen-bond donors (Lipinski definition) is 0. The zero-order valence-electron chi connectivity index (χ0n) is 16.4. The molecule has 0 aromatic rings. The molecule has 0 saturated carbocycles. The Morgan fingerprint density at radius 3 is 1.78 bits per heavy atom. The summed E-state index contributed by atoms with van der Waals surface area (Å²) in [4.78, 5) is 10.8. The summed E-state index contributed by atoms with van der Waals surface area (Å²) < 4.78 is 42.0. The lowest BCUT2D eigenvalue weighted by Gasteiger charge is -2.22. The van der Waals surface area contributed by atoms with Crippen LogP contribution < -0.4 is 0 Å². The summed E-state index contributed by atoms with van der Waals surface area (Å²) in [5.74, 6) is -0.397. The van der Waals surface area contributed by atoms with Crippen LogP contribution in [-0.2, 0) is 42.7 Å². The summed E-state index contributed by atoms with van der Waals surface area (Å²) in [6.07, 6.45) is 3.20. The van der Waals surface area contributed by atoms with Crippen LogP contribution in [0.4, 0.5) is 0 Å². The Bertz CT molecular complexity index is 335. The van der Waals surface area contributed by atoms with Crippen molar-refractivity contribution in [3.63, 3.8) is 0 Å². The van der Waals surface area contributed by atoms with Gasteiger partial charge in [-0.1, -0.05) is 0 Å². The van der Waals surface area contributed by atoms with E-state index in [1.54, 1.807) is 0 Å². The maximum atomic E-state index is 10.8. The molecule has 9 nitrogen and oxygen atoms in total. The maximum Gasteiger partial charge on any atom is 0.331 e. The number of ether oxygens (including phenoxy) is 8. The number of rotatable bonds is 18. The Morgan fingerprint density at radius 1 is 0.778 bits per heavy atom. The largest absolute Gasteiger partial charge is 0.467 e. The second-order valence-corrected chi connectivity index (χ2v) is 5.75. The Balaban J connectivity index is 1.67. The van der Waals surface area contributed by atoms with Gasteiger partial charge in [-0.25, -0.2) is 4.79 Å². The number of hydrogen-bond acceptors (Lipinski definition) is 9. The number of carbonyl (C=O) groups excluding carboxylic acids is 1. The Morgan fingerprint density at radius 2 is 1.30 bits per heavy atom. The van der Waals surface area contributed by atoms with E-state index in [1.165, 1.54) is 13.5 Å². The molecule has 0 aromatic heterocycles.